The van der Waals surface area contributed by atoms with Crippen LogP contribution in [0.15, 0.2) is 30.3 Å². The van der Waals surface area contributed by atoms with Crippen molar-refractivity contribution in [3.63, 3.8) is 0 Å². The van der Waals surface area contributed by atoms with E-state index in [1.165, 1.54) is 4.31 Å². The number of hydrogen-bond donors (Lipinski definition) is 1. The number of benzene rings is 1. The first kappa shape index (κ1) is 15.4. The van der Waals surface area contributed by atoms with Crippen LogP contribution in [-0.2, 0) is 16.8 Å². The zero-order valence-corrected chi connectivity index (χ0v) is 12.9. The third-order valence-corrected chi connectivity index (χ3v) is 5.69. The zero-order valence-electron chi connectivity index (χ0n) is 12.1. The Morgan fingerprint density at radius 2 is 2.05 bits per heavy atom. The minimum Gasteiger partial charge on any atom is -0.318 e. The topological polar surface area (TPSA) is 52.7 Å². The van der Waals surface area contributed by atoms with E-state index in [2.05, 4.69) is 5.32 Å². The Hall–Kier alpha value is -0.950. The van der Waals surface area contributed by atoms with Crippen LogP contribution in [0.3, 0.4) is 0 Å². The molecule has 1 aromatic carbocycles. The Morgan fingerprint density at radius 1 is 1.35 bits per heavy atom. The molecule has 1 fully saturated rings. The fraction of sp³-hybridized carbons (Fsp3) is 0.571. The molecule has 0 bridgehead atoms. The molecule has 112 valence electrons. The van der Waals surface area contributed by atoms with E-state index in [4.69, 9.17) is 0 Å². The van der Waals surface area contributed by atoms with Crippen molar-refractivity contribution in [3.05, 3.63) is 35.9 Å². The van der Waals surface area contributed by atoms with Gasteiger partial charge in [0, 0.05) is 32.7 Å². The van der Waals surface area contributed by atoms with E-state index in [1.54, 1.807) is 11.4 Å². The van der Waals surface area contributed by atoms with Gasteiger partial charge < -0.3 is 5.32 Å². The number of likely N-dealkylation sites (N-methyl/N-ethyl adjacent to an activating group) is 1. The molecule has 1 aliphatic heterocycles. The van der Waals surface area contributed by atoms with Crippen molar-refractivity contribution in [2.75, 3.05) is 27.2 Å². The third kappa shape index (κ3) is 3.38. The Balaban J connectivity index is 2.09. The minimum absolute atomic E-state index is 0.0724. The van der Waals surface area contributed by atoms with Crippen molar-refractivity contribution in [1.82, 2.24) is 13.9 Å². The molecule has 6 heteroatoms. The second kappa shape index (κ2) is 6.67. The second-order valence-electron chi connectivity index (χ2n) is 5.21. The summed E-state index contributed by atoms with van der Waals surface area (Å²) in [6.45, 7) is 1.73. The van der Waals surface area contributed by atoms with Crippen molar-refractivity contribution >= 4 is 10.2 Å². The highest BCUT2D eigenvalue weighted by Crippen LogP contribution is 2.23. The lowest BCUT2D eigenvalue weighted by Gasteiger charge is -2.28. The molecule has 1 heterocycles. The lowest BCUT2D eigenvalue weighted by atomic mass is 10.2. The van der Waals surface area contributed by atoms with E-state index in [0.717, 1.165) is 18.4 Å². The molecule has 1 N–H and O–H groups in total. The van der Waals surface area contributed by atoms with Crippen LogP contribution >= 0.6 is 0 Å². The van der Waals surface area contributed by atoms with E-state index in [-0.39, 0.29) is 6.04 Å². The van der Waals surface area contributed by atoms with Gasteiger partial charge in [-0.05, 0) is 25.5 Å². The lowest BCUT2D eigenvalue weighted by Crippen LogP contribution is -2.46. The summed E-state index contributed by atoms with van der Waals surface area (Å²) in [6.07, 6.45) is 1.87. The lowest BCUT2D eigenvalue weighted by molar-refractivity contribution is 0.336. The van der Waals surface area contributed by atoms with Gasteiger partial charge >= 0.3 is 0 Å². The summed E-state index contributed by atoms with van der Waals surface area (Å²) < 4.78 is 28.4. The van der Waals surface area contributed by atoms with Crippen LogP contribution in [0.4, 0.5) is 0 Å². The highest BCUT2D eigenvalue weighted by molar-refractivity contribution is 7.86. The SMILES string of the molecule is CNCC1CCCN1S(=O)(=O)N(C)Cc1ccccc1. The minimum atomic E-state index is -3.38. The van der Waals surface area contributed by atoms with Crippen LogP contribution in [0, 0.1) is 0 Å². The molecule has 1 saturated heterocycles. The van der Waals surface area contributed by atoms with Crippen LogP contribution in [0.5, 0.6) is 0 Å². The van der Waals surface area contributed by atoms with Crippen molar-refractivity contribution in [2.24, 2.45) is 0 Å². The quantitative estimate of drug-likeness (QED) is 0.854. The molecule has 1 atom stereocenters. The van der Waals surface area contributed by atoms with Gasteiger partial charge in [-0.3, -0.25) is 0 Å². The van der Waals surface area contributed by atoms with Crippen molar-refractivity contribution < 1.29 is 8.42 Å². The second-order valence-corrected chi connectivity index (χ2v) is 7.20. The molecule has 0 amide bonds. The maximum absolute atomic E-state index is 12.6. The van der Waals surface area contributed by atoms with Gasteiger partial charge in [0.25, 0.3) is 10.2 Å². The average Bonchev–Trinajstić information content (AvgIpc) is 2.89. The summed E-state index contributed by atoms with van der Waals surface area (Å²) in [5.74, 6) is 0. The molecule has 2 rings (SSSR count). The van der Waals surface area contributed by atoms with E-state index < -0.39 is 10.2 Å². The molecule has 0 spiro atoms. The number of rotatable bonds is 6. The van der Waals surface area contributed by atoms with Gasteiger partial charge in [-0.15, -0.1) is 0 Å². The number of hydrogen-bond acceptors (Lipinski definition) is 3. The molecule has 1 unspecified atom stereocenters. The predicted octanol–water partition coefficient (Wildman–Crippen LogP) is 1.05. The van der Waals surface area contributed by atoms with Crippen molar-refractivity contribution in [3.8, 4) is 0 Å². The van der Waals surface area contributed by atoms with Gasteiger partial charge in [-0.25, -0.2) is 0 Å². The zero-order chi connectivity index (χ0) is 14.6. The smallest absolute Gasteiger partial charge is 0.282 e. The molecule has 1 aromatic rings. The van der Waals surface area contributed by atoms with Crippen molar-refractivity contribution in [2.45, 2.75) is 25.4 Å². The van der Waals surface area contributed by atoms with E-state index in [0.29, 0.717) is 19.6 Å². The van der Waals surface area contributed by atoms with Gasteiger partial charge in [0.05, 0.1) is 0 Å². The monoisotopic (exact) mass is 297 g/mol. The van der Waals surface area contributed by atoms with Crippen LogP contribution in [0.25, 0.3) is 0 Å². The average molecular weight is 297 g/mol. The van der Waals surface area contributed by atoms with Crippen LogP contribution in [-0.4, -0.2) is 50.3 Å². The van der Waals surface area contributed by atoms with E-state index >= 15 is 0 Å². The highest BCUT2D eigenvalue weighted by atomic mass is 32.2. The maximum atomic E-state index is 12.6. The fourth-order valence-electron chi connectivity index (χ4n) is 2.65. The van der Waals surface area contributed by atoms with Crippen LogP contribution < -0.4 is 5.32 Å². The summed E-state index contributed by atoms with van der Waals surface area (Å²) in [5.41, 5.74) is 1.00. The Morgan fingerprint density at radius 3 is 2.70 bits per heavy atom. The summed E-state index contributed by atoms with van der Waals surface area (Å²) in [7, 11) is 0.126. The van der Waals surface area contributed by atoms with E-state index in [1.807, 2.05) is 37.4 Å². The van der Waals surface area contributed by atoms with E-state index in [9.17, 15) is 8.42 Å². The Bertz CT molecular complexity index is 518. The molecule has 0 aromatic heterocycles. The van der Waals surface area contributed by atoms with Crippen LogP contribution in [0.2, 0.25) is 0 Å². The summed E-state index contributed by atoms with van der Waals surface area (Å²) in [6, 6.07) is 9.75. The number of nitrogens with one attached hydrogen (secondary N) is 1. The van der Waals surface area contributed by atoms with Crippen molar-refractivity contribution in [1.29, 1.82) is 0 Å². The molecule has 1 aliphatic rings. The summed E-state index contributed by atoms with van der Waals surface area (Å²) in [5, 5.41) is 3.08. The maximum Gasteiger partial charge on any atom is 0.282 e. The molecular formula is C14H23N3O2S. The summed E-state index contributed by atoms with van der Waals surface area (Å²) in [4.78, 5) is 0. The Labute approximate surface area is 121 Å². The predicted molar refractivity (Wildman–Crippen MR) is 80.5 cm³/mol. The molecule has 0 radical (unpaired) electrons. The molecule has 0 aliphatic carbocycles. The third-order valence-electron chi connectivity index (χ3n) is 3.70. The molecule has 5 nitrogen and oxygen atoms in total. The van der Waals surface area contributed by atoms with Gasteiger partial charge in [-0.2, -0.15) is 17.0 Å². The molecule has 0 saturated carbocycles. The molecule has 20 heavy (non-hydrogen) atoms. The van der Waals surface area contributed by atoms with Gasteiger partial charge in [-0.1, -0.05) is 30.3 Å². The normalized spacial score (nSPS) is 20.6. The first-order valence-corrected chi connectivity index (χ1v) is 8.37. The van der Waals surface area contributed by atoms with Gasteiger partial charge in [0.2, 0.25) is 0 Å². The first-order chi connectivity index (χ1) is 9.55. The van der Waals surface area contributed by atoms with Crippen LogP contribution in [0.1, 0.15) is 18.4 Å². The van der Waals surface area contributed by atoms with Gasteiger partial charge in [0.1, 0.15) is 0 Å². The number of nitrogens with zero attached hydrogens (tertiary/aromatic N) is 2. The first-order valence-electron chi connectivity index (χ1n) is 6.97. The largest absolute Gasteiger partial charge is 0.318 e. The Kier molecular flexibility index (Phi) is 5.15. The standard InChI is InChI=1S/C14H23N3O2S/c1-15-11-14-9-6-10-17(14)20(18,19)16(2)12-13-7-4-3-5-8-13/h3-5,7-8,14-15H,6,9-12H2,1-2H3. The fourth-order valence-corrected chi connectivity index (χ4v) is 4.24. The summed E-state index contributed by atoms with van der Waals surface area (Å²) >= 11 is 0. The molecular weight excluding hydrogens is 274 g/mol. The highest BCUT2D eigenvalue weighted by Gasteiger charge is 2.36. The van der Waals surface area contributed by atoms with Gasteiger partial charge in [0.15, 0.2) is 0 Å².